The molecule has 0 saturated carbocycles. The summed E-state index contributed by atoms with van der Waals surface area (Å²) in [7, 11) is 0. The van der Waals surface area contributed by atoms with E-state index >= 15 is 0 Å². The Balaban J connectivity index is 1.70. The molecule has 4 heteroatoms. The van der Waals surface area contributed by atoms with Crippen molar-refractivity contribution in [1.82, 2.24) is 0 Å². The molecule has 1 fully saturated rings. The average Bonchev–Trinajstić information content (AvgIpc) is 2.74. The maximum absolute atomic E-state index is 14.5. The van der Waals surface area contributed by atoms with E-state index < -0.39 is 11.6 Å². The molecule has 0 bridgehead atoms. The molecular formula is C24H28F2O2. The Labute approximate surface area is 166 Å². The number of allylic oxidation sites excluding steroid dienone is 1. The average molecular weight is 386 g/mol. The Kier molecular flexibility index (Phi) is 7.21. The van der Waals surface area contributed by atoms with Crippen LogP contribution in [0.2, 0.25) is 0 Å². The van der Waals surface area contributed by atoms with Crippen molar-refractivity contribution in [3.63, 3.8) is 0 Å². The fourth-order valence-corrected chi connectivity index (χ4v) is 3.49. The van der Waals surface area contributed by atoms with E-state index in [1.807, 2.05) is 31.2 Å². The Morgan fingerprint density at radius 3 is 2.46 bits per heavy atom. The molecule has 1 heterocycles. The van der Waals surface area contributed by atoms with Crippen molar-refractivity contribution in [3.8, 4) is 16.9 Å². The summed E-state index contributed by atoms with van der Waals surface area (Å²) in [6.07, 6.45) is 8.32. The zero-order chi connectivity index (χ0) is 19.9. The molecular weight excluding hydrogens is 358 g/mol. The van der Waals surface area contributed by atoms with Gasteiger partial charge in [0.1, 0.15) is 0 Å². The number of ether oxygens (including phenoxy) is 2. The van der Waals surface area contributed by atoms with Crippen LogP contribution in [-0.2, 0) is 4.74 Å². The van der Waals surface area contributed by atoms with E-state index in [4.69, 9.17) is 9.47 Å². The third-order valence-corrected chi connectivity index (χ3v) is 5.10. The van der Waals surface area contributed by atoms with E-state index in [-0.39, 0.29) is 17.4 Å². The first kappa shape index (κ1) is 20.5. The quantitative estimate of drug-likeness (QED) is 0.496. The van der Waals surface area contributed by atoms with Gasteiger partial charge in [0, 0.05) is 11.5 Å². The molecule has 0 N–H and O–H groups in total. The number of halogens is 2. The van der Waals surface area contributed by atoms with Gasteiger partial charge in [-0.05, 0) is 48.9 Å². The topological polar surface area (TPSA) is 18.5 Å². The molecule has 1 aliphatic rings. The van der Waals surface area contributed by atoms with Crippen molar-refractivity contribution in [2.24, 2.45) is 0 Å². The Hall–Kier alpha value is -2.20. The van der Waals surface area contributed by atoms with E-state index in [0.717, 1.165) is 25.7 Å². The Bertz CT molecular complexity index is 791. The van der Waals surface area contributed by atoms with Gasteiger partial charge in [0.2, 0.25) is 5.82 Å². The lowest BCUT2D eigenvalue weighted by molar-refractivity contribution is 0.0326. The number of hydrogen-bond acceptors (Lipinski definition) is 2. The summed E-state index contributed by atoms with van der Waals surface area (Å²) in [4.78, 5) is 0. The van der Waals surface area contributed by atoms with E-state index in [1.54, 1.807) is 6.07 Å². The first-order valence-electron chi connectivity index (χ1n) is 10.1. The van der Waals surface area contributed by atoms with Crippen molar-refractivity contribution in [2.75, 3.05) is 13.2 Å². The fraction of sp³-hybridized carbons (Fsp3) is 0.417. The van der Waals surface area contributed by atoms with E-state index in [2.05, 4.69) is 19.1 Å². The molecule has 2 unspecified atom stereocenters. The predicted molar refractivity (Wildman–Crippen MR) is 109 cm³/mol. The van der Waals surface area contributed by atoms with Gasteiger partial charge < -0.3 is 9.47 Å². The third kappa shape index (κ3) is 4.79. The molecule has 2 aromatic carbocycles. The highest BCUT2D eigenvalue weighted by Gasteiger charge is 2.22. The van der Waals surface area contributed by atoms with Gasteiger partial charge in [-0.1, -0.05) is 50.3 Å². The molecule has 150 valence electrons. The predicted octanol–water partition coefficient (Wildman–Crippen LogP) is 6.65. The third-order valence-electron chi connectivity index (χ3n) is 5.10. The maximum Gasteiger partial charge on any atom is 0.201 e. The van der Waals surface area contributed by atoms with Gasteiger partial charge in [-0.25, -0.2) is 4.39 Å². The van der Waals surface area contributed by atoms with Crippen molar-refractivity contribution in [1.29, 1.82) is 0 Å². The molecule has 0 radical (unpaired) electrons. The molecule has 2 atom stereocenters. The van der Waals surface area contributed by atoms with Crippen molar-refractivity contribution in [2.45, 2.75) is 51.6 Å². The first-order chi connectivity index (χ1) is 13.6. The Morgan fingerprint density at radius 1 is 1.04 bits per heavy atom. The zero-order valence-electron chi connectivity index (χ0n) is 16.6. The highest BCUT2D eigenvalue weighted by atomic mass is 19.2. The van der Waals surface area contributed by atoms with Crippen molar-refractivity contribution in [3.05, 3.63) is 65.7 Å². The lowest BCUT2D eigenvalue weighted by Gasteiger charge is -2.27. The molecule has 28 heavy (non-hydrogen) atoms. The molecule has 1 aliphatic heterocycles. The number of benzene rings is 2. The molecule has 0 aliphatic carbocycles. The lowest BCUT2D eigenvalue weighted by Crippen LogP contribution is -2.23. The summed E-state index contributed by atoms with van der Waals surface area (Å²) >= 11 is 0. The van der Waals surface area contributed by atoms with E-state index in [0.29, 0.717) is 24.7 Å². The second kappa shape index (κ2) is 9.83. The summed E-state index contributed by atoms with van der Waals surface area (Å²) in [6, 6.07) is 10.8. The summed E-state index contributed by atoms with van der Waals surface area (Å²) in [5.41, 5.74) is 2.07. The second-order valence-corrected chi connectivity index (χ2v) is 7.19. The molecule has 2 aromatic rings. The van der Waals surface area contributed by atoms with Crippen LogP contribution in [0.5, 0.6) is 5.75 Å². The molecule has 1 saturated heterocycles. The van der Waals surface area contributed by atoms with Crippen molar-refractivity contribution < 1.29 is 18.3 Å². The molecule has 0 aromatic heterocycles. The van der Waals surface area contributed by atoms with Gasteiger partial charge in [0.15, 0.2) is 11.6 Å². The van der Waals surface area contributed by atoms with E-state index in [1.165, 1.54) is 11.6 Å². The summed E-state index contributed by atoms with van der Waals surface area (Å²) in [5.74, 6) is -1.49. The number of hydrogen-bond donors (Lipinski definition) is 0. The van der Waals surface area contributed by atoms with Crippen molar-refractivity contribution >= 4 is 0 Å². The van der Waals surface area contributed by atoms with Gasteiger partial charge >= 0.3 is 0 Å². The molecule has 2 nitrogen and oxygen atoms in total. The minimum Gasteiger partial charge on any atom is -0.490 e. The second-order valence-electron chi connectivity index (χ2n) is 7.19. The highest BCUT2D eigenvalue weighted by molar-refractivity contribution is 5.65. The summed E-state index contributed by atoms with van der Waals surface area (Å²) < 4.78 is 39.9. The minimum atomic E-state index is -0.929. The first-order valence-corrected chi connectivity index (χ1v) is 10.1. The normalized spacial score (nSPS) is 19.9. The molecule has 0 spiro atoms. The van der Waals surface area contributed by atoms with E-state index in [9.17, 15) is 8.78 Å². The molecule has 3 rings (SSSR count). The van der Waals surface area contributed by atoms with Crippen LogP contribution in [0.15, 0.2) is 48.6 Å². The van der Waals surface area contributed by atoms with Crippen LogP contribution in [0.4, 0.5) is 8.78 Å². The van der Waals surface area contributed by atoms with Crippen LogP contribution in [0.25, 0.3) is 11.1 Å². The van der Waals surface area contributed by atoms with Crippen LogP contribution in [-0.4, -0.2) is 19.3 Å². The largest absolute Gasteiger partial charge is 0.490 e. The van der Waals surface area contributed by atoms with Crippen LogP contribution in [0.1, 0.15) is 51.0 Å². The van der Waals surface area contributed by atoms with Crippen LogP contribution in [0.3, 0.4) is 0 Å². The number of rotatable bonds is 7. The van der Waals surface area contributed by atoms with Gasteiger partial charge in [-0.2, -0.15) is 4.39 Å². The molecule has 0 amide bonds. The van der Waals surface area contributed by atoms with Gasteiger partial charge in [-0.15, -0.1) is 0 Å². The highest BCUT2D eigenvalue weighted by Crippen LogP contribution is 2.33. The van der Waals surface area contributed by atoms with Gasteiger partial charge in [0.05, 0.1) is 19.3 Å². The lowest BCUT2D eigenvalue weighted by atomic mass is 9.90. The maximum atomic E-state index is 14.5. The minimum absolute atomic E-state index is 0.0363. The van der Waals surface area contributed by atoms with Crippen LogP contribution >= 0.6 is 0 Å². The monoisotopic (exact) mass is 386 g/mol. The van der Waals surface area contributed by atoms with Gasteiger partial charge in [0.25, 0.3) is 0 Å². The smallest absolute Gasteiger partial charge is 0.201 e. The fourth-order valence-electron chi connectivity index (χ4n) is 3.49. The van der Waals surface area contributed by atoms with Gasteiger partial charge in [-0.3, -0.25) is 0 Å². The summed E-state index contributed by atoms with van der Waals surface area (Å²) in [5, 5.41) is 0. The van der Waals surface area contributed by atoms with Crippen LogP contribution in [0, 0.1) is 11.6 Å². The summed E-state index contributed by atoms with van der Waals surface area (Å²) in [6.45, 7) is 5.08. The SMILES string of the molecule is CC/C=C/C1CCC(c2ccc(-c3ccc(OCCC)c(F)c3F)cc2)CO1. The van der Waals surface area contributed by atoms with Crippen LogP contribution < -0.4 is 4.74 Å². The standard InChI is InChI=1S/C24H28F2O2/c1-3-5-6-20-12-11-19(16-28-20)17-7-9-18(10-8-17)21-13-14-22(27-15-4-2)24(26)23(21)25/h5-10,13-14,19-20H,3-4,11-12,15-16H2,1-2H3/b6-5+. The Morgan fingerprint density at radius 2 is 1.82 bits per heavy atom. The zero-order valence-corrected chi connectivity index (χ0v) is 16.6.